The molecule has 0 saturated heterocycles. The van der Waals surface area contributed by atoms with Gasteiger partial charge in [-0.25, -0.2) is 0 Å². The molecule has 0 amide bonds. The molecule has 0 fully saturated rings. The summed E-state index contributed by atoms with van der Waals surface area (Å²) in [5, 5.41) is 1.34. The summed E-state index contributed by atoms with van der Waals surface area (Å²) >= 11 is 0. The molecule has 0 spiro atoms. The molecule has 1 radical (unpaired) electrons. The van der Waals surface area contributed by atoms with Crippen LogP contribution in [-0.2, 0) is 4.43 Å². The van der Waals surface area contributed by atoms with Gasteiger partial charge in [-0.3, -0.25) is 0 Å². The maximum Gasteiger partial charge on any atom is 0.218 e. The van der Waals surface area contributed by atoms with Crippen molar-refractivity contribution in [1.29, 1.82) is 0 Å². The summed E-state index contributed by atoms with van der Waals surface area (Å²) in [4.78, 5) is 0. The smallest absolute Gasteiger partial charge is 0.218 e. The van der Waals surface area contributed by atoms with Crippen LogP contribution in [0.4, 0.5) is 0 Å². The lowest BCUT2D eigenvalue weighted by Gasteiger charge is -2.21. The first kappa shape index (κ1) is 9.48. The molecule has 0 atom stereocenters. The molecule has 0 saturated carbocycles. The Morgan fingerprint density at radius 1 is 1.17 bits per heavy atom. The van der Waals surface area contributed by atoms with Crippen molar-refractivity contribution < 1.29 is 4.43 Å². The first-order chi connectivity index (χ1) is 5.67. The van der Waals surface area contributed by atoms with Crippen molar-refractivity contribution in [1.82, 2.24) is 0 Å². The van der Waals surface area contributed by atoms with Crippen molar-refractivity contribution >= 4 is 13.5 Å². The van der Waals surface area contributed by atoms with Gasteiger partial charge >= 0.3 is 0 Å². The lowest BCUT2D eigenvalue weighted by atomic mass is 10.4. The summed E-state index contributed by atoms with van der Waals surface area (Å²) in [6, 6.07) is 10.4. The summed E-state index contributed by atoms with van der Waals surface area (Å²) in [5.41, 5.74) is 0. The topological polar surface area (TPSA) is 9.23 Å². The molecule has 1 rings (SSSR count). The molecule has 12 heavy (non-hydrogen) atoms. The van der Waals surface area contributed by atoms with E-state index in [1.807, 2.05) is 13.0 Å². The lowest BCUT2D eigenvalue weighted by molar-refractivity contribution is 0.418. The standard InChI is InChI=1S/C10H15OSi/c1-4-11-12(2,3)10-8-6-5-7-9-10/h4-9H,1-3H3. The highest BCUT2D eigenvalue weighted by Gasteiger charge is 2.23. The van der Waals surface area contributed by atoms with Gasteiger partial charge < -0.3 is 4.43 Å². The Balaban J connectivity index is 2.82. The molecule has 0 bridgehead atoms. The largest absolute Gasteiger partial charge is 0.408 e. The predicted octanol–water partition coefficient (Wildman–Crippen LogP) is 2.30. The predicted molar refractivity (Wildman–Crippen MR) is 54.6 cm³/mol. The van der Waals surface area contributed by atoms with Gasteiger partial charge in [-0.15, -0.1) is 0 Å². The van der Waals surface area contributed by atoms with Crippen LogP contribution in [-0.4, -0.2) is 8.32 Å². The van der Waals surface area contributed by atoms with E-state index in [4.69, 9.17) is 4.43 Å². The zero-order valence-corrected chi connectivity index (χ0v) is 8.87. The molecule has 0 aliphatic rings. The van der Waals surface area contributed by atoms with Gasteiger partial charge in [0, 0.05) is 0 Å². The SMILES string of the molecule is C[CH]O[Si](C)(C)c1ccccc1. The molecular formula is C10H15OSi. The minimum Gasteiger partial charge on any atom is -0.408 e. The second-order valence-electron chi connectivity index (χ2n) is 3.23. The first-order valence-corrected chi connectivity index (χ1v) is 7.09. The average Bonchev–Trinajstić information content (AvgIpc) is 2.06. The van der Waals surface area contributed by atoms with Crippen LogP contribution in [0.1, 0.15) is 6.92 Å². The molecule has 0 N–H and O–H groups in total. The third-order valence-electron chi connectivity index (χ3n) is 1.88. The highest BCUT2D eigenvalue weighted by molar-refractivity contribution is 6.84. The van der Waals surface area contributed by atoms with E-state index in [-0.39, 0.29) is 0 Å². The van der Waals surface area contributed by atoms with Crippen LogP contribution in [0.15, 0.2) is 30.3 Å². The summed E-state index contributed by atoms with van der Waals surface area (Å²) in [6.45, 7) is 8.11. The third-order valence-corrected chi connectivity index (χ3v) is 4.43. The van der Waals surface area contributed by atoms with E-state index in [0.29, 0.717) is 0 Å². The number of rotatable bonds is 3. The van der Waals surface area contributed by atoms with E-state index < -0.39 is 8.32 Å². The van der Waals surface area contributed by atoms with Crippen LogP contribution in [0.2, 0.25) is 13.1 Å². The average molecular weight is 179 g/mol. The van der Waals surface area contributed by atoms with Crippen molar-refractivity contribution in [3.05, 3.63) is 36.9 Å². The zero-order chi connectivity index (χ0) is 9.03. The maximum atomic E-state index is 5.63. The molecule has 65 valence electrons. The van der Waals surface area contributed by atoms with Gasteiger partial charge in [0.1, 0.15) is 0 Å². The molecule has 0 unspecified atom stereocenters. The second-order valence-corrected chi connectivity index (χ2v) is 7.06. The third kappa shape index (κ3) is 2.19. The number of benzene rings is 1. The Kier molecular flexibility index (Phi) is 3.06. The molecule has 1 aromatic rings. The first-order valence-electron chi connectivity index (χ1n) is 4.18. The van der Waals surface area contributed by atoms with E-state index >= 15 is 0 Å². The van der Waals surface area contributed by atoms with Crippen LogP contribution in [0, 0.1) is 6.61 Å². The molecule has 1 aromatic carbocycles. The van der Waals surface area contributed by atoms with E-state index in [2.05, 4.69) is 37.4 Å². The normalized spacial score (nSPS) is 11.6. The van der Waals surface area contributed by atoms with Gasteiger partial charge in [0.25, 0.3) is 0 Å². The van der Waals surface area contributed by atoms with E-state index in [0.717, 1.165) is 0 Å². The van der Waals surface area contributed by atoms with Gasteiger partial charge in [-0.1, -0.05) is 30.3 Å². The van der Waals surface area contributed by atoms with Gasteiger partial charge in [-0.05, 0) is 25.2 Å². The molecule has 0 aliphatic heterocycles. The van der Waals surface area contributed by atoms with Crippen LogP contribution >= 0.6 is 0 Å². The Bertz CT molecular complexity index is 231. The Labute approximate surface area is 75.5 Å². The molecule has 2 heteroatoms. The molecular weight excluding hydrogens is 164 g/mol. The summed E-state index contributed by atoms with van der Waals surface area (Å²) in [5.74, 6) is 0. The number of hydrogen-bond donors (Lipinski definition) is 0. The van der Waals surface area contributed by atoms with Crippen molar-refractivity contribution in [2.24, 2.45) is 0 Å². The van der Waals surface area contributed by atoms with Crippen molar-refractivity contribution in [2.45, 2.75) is 20.0 Å². The van der Waals surface area contributed by atoms with Crippen LogP contribution in [0.25, 0.3) is 0 Å². The van der Waals surface area contributed by atoms with Crippen molar-refractivity contribution in [2.75, 3.05) is 0 Å². The summed E-state index contributed by atoms with van der Waals surface area (Å²) in [6.07, 6.45) is 0. The molecule has 0 aromatic heterocycles. The lowest BCUT2D eigenvalue weighted by Crippen LogP contribution is -2.43. The minimum absolute atomic E-state index is 1.34. The fraction of sp³-hybridized carbons (Fsp3) is 0.300. The minimum atomic E-state index is -1.63. The fourth-order valence-electron chi connectivity index (χ4n) is 1.20. The molecule has 1 nitrogen and oxygen atoms in total. The monoisotopic (exact) mass is 179 g/mol. The van der Waals surface area contributed by atoms with Gasteiger partial charge in [0.05, 0.1) is 6.61 Å². The highest BCUT2D eigenvalue weighted by Crippen LogP contribution is 2.05. The Morgan fingerprint density at radius 2 is 1.75 bits per heavy atom. The summed E-state index contributed by atoms with van der Waals surface area (Å²) < 4.78 is 5.63. The van der Waals surface area contributed by atoms with Crippen LogP contribution < -0.4 is 5.19 Å². The van der Waals surface area contributed by atoms with Gasteiger partial charge in [-0.2, -0.15) is 0 Å². The zero-order valence-electron chi connectivity index (χ0n) is 7.87. The Hall–Kier alpha value is -0.603. The van der Waals surface area contributed by atoms with Gasteiger partial charge in [0.15, 0.2) is 0 Å². The maximum absolute atomic E-state index is 5.63. The molecule has 0 aliphatic carbocycles. The Morgan fingerprint density at radius 3 is 2.25 bits per heavy atom. The van der Waals surface area contributed by atoms with E-state index in [9.17, 15) is 0 Å². The quantitative estimate of drug-likeness (QED) is 0.647. The second kappa shape index (κ2) is 3.87. The fourth-order valence-corrected chi connectivity index (χ4v) is 2.92. The van der Waals surface area contributed by atoms with Gasteiger partial charge in [0.2, 0.25) is 8.32 Å². The highest BCUT2D eigenvalue weighted by atomic mass is 28.4. The number of hydrogen-bond acceptors (Lipinski definition) is 1. The molecule has 0 heterocycles. The van der Waals surface area contributed by atoms with E-state index in [1.165, 1.54) is 5.19 Å². The summed E-state index contributed by atoms with van der Waals surface area (Å²) in [7, 11) is -1.63. The van der Waals surface area contributed by atoms with E-state index in [1.54, 1.807) is 6.61 Å². The van der Waals surface area contributed by atoms with Crippen molar-refractivity contribution in [3.8, 4) is 0 Å². The van der Waals surface area contributed by atoms with Crippen LogP contribution in [0.3, 0.4) is 0 Å². The van der Waals surface area contributed by atoms with Crippen LogP contribution in [0.5, 0.6) is 0 Å². The van der Waals surface area contributed by atoms with Crippen molar-refractivity contribution in [3.63, 3.8) is 0 Å².